The van der Waals surface area contributed by atoms with E-state index in [4.69, 9.17) is 0 Å². The summed E-state index contributed by atoms with van der Waals surface area (Å²) >= 11 is 3.75. The van der Waals surface area contributed by atoms with Crippen LogP contribution in [0.25, 0.3) is 0 Å². The van der Waals surface area contributed by atoms with E-state index < -0.39 is 11.6 Å². The van der Waals surface area contributed by atoms with E-state index >= 15 is 0 Å². The van der Waals surface area contributed by atoms with E-state index in [1.807, 2.05) is 23.5 Å². The predicted octanol–water partition coefficient (Wildman–Crippen LogP) is 3.85. The first-order valence-electron chi connectivity index (χ1n) is 6.60. The van der Waals surface area contributed by atoms with Gasteiger partial charge in [-0.15, -0.1) is 0 Å². The summed E-state index contributed by atoms with van der Waals surface area (Å²) in [7, 11) is 0. The zero-order chi connectivity index (χ0) is 13.7. The van der Waals surface area contributed by atoms with Gasteiger partial charge in [-0.1, -0.05) is 19.1 Å². The number of nitrogens with one attached hydrogen (secondary N) is 1. The van der Waals surface area contributed by atoms with E-state index in [0.717, 1.165) is 30.2 Å². The largest absolute Gasteiger partial charge is 0.309 e. The Morgan fingerprint density at radius 1 is 1.37 bits per heavy atom. The van der Waals surface area contributed by atoms with Crippen molar-refractivity contribution in [3.05, 3.63) is 35.4 Å². The Bertz CT molecular complexity index is 408. The smallest absolute Gasteiger partial charge is 0.163 e. The van der Waals surface area contributed by atoms with Crippen LogP contribution in [-0.2, 0) is 0 Å². The Morgan fingerprint density at radius 3 is 2.89 bits per heavy atom. The highest BCUT2D eigenvalue weighted by Gasteiger charge is 2.28. The number of rotatable bonds is 5. The molecule has 1 aromatic carbocycles. The molecule has 1 saturated heterocycles. The van der Waals surface area contributed by atoms with Crippen LogP contribution >= 0.6 is 23.5 Å². The van der Waals surface area contributed by atoms with Crippen molar-refractivity contribution in [2.75, 3.05) is 23.8 Å². The third kappa shape index (κ3) is 3.86. The molecule has 1 aliphatic rings. The summed E-state index contributed by atoms with van der Waals surface area (Å²) in [6.07, 6.45) is 0.984. The fourth-order valence-electron chi connectivity index (χ4n) is 2.20. The van der Waals surface area contributed by atoms with E-state index in [-0.39, 0.29) is 6.04 Å². The normalized spacial score (nSPS) is 21.3. The molecule has 1 nitrogen and oxygen atoms in total. The monoisotopic (exact) mass is 303 g/mol. The second kappa shape index (κ2) is 7.50. The van der Waals surface area contributed by atoms with Crippen LogP contribution in [0.2, 0.25) is 0 Å². The van der Waals surface area contributed by atoms with E-state index in [9.17, 15) is 8.78 Å². The van der Waals surface area contributed by atoms with Gasteiger partial charge in [-0.25, -0.2) is 8.78 Å². The molecule has 1 aliphatic heterocycles. The quantitative estimate of drug-likeness (QED) is 0.887. The molecule has 2 unspecified atom stereocenters. The zero-order valence-electron chi connectivity index (χ0n) is 11.0. The van der Waals surface area contributed by atoms with Gasteiger partial charge in [-0.05, 0) is 19.0 Å². The van der Waals surface area contributed by atoms with Crippen molar-refractivity contribution in [1.82, 2.24) is 5.32 Å². The van der Waals surface area contributed by atoms with Crippen molar-refractivity contribution in [3.8, 4) is 0 Å². The number of hydrogen-bond donors (Lipinski definition) is 1. The van der Waals surface area contributed by atoms with Crippen LogP contribution in [0.15, 0.2) is 18.2 Å². The Balaban J connectivity index is 2.22. The lowest BCUT2D eigenvalue weighted by atomic mass is 10.0. The lowest BCUT2D eigenvalue weighted by Crippen LogP contribution is -2.35. The van der Waals surface area contributed by atoms with Gasteiger partial charge < -0.3 is 5.32 Å². The van der Waals surface area contributed by atoms with Gasteiger partial charge >= 0.3 is 0 Å². The van der Waals surface area contributed by atoms with Crippen LogP contribution in [0.4, 0.5) is 8.78 Å². The minimum atomic E-state index is -0.755. The molecule has 0 amide bonds. The van der Waals surface area contributed by atoms with Crippen LogP contribution in [-0.4, -0.2) is 29.1 Å². The van der Waals surface area contributed by atoms with Crippen LogP contribution in [0.5, 0.6) is 0 Å². The zero-order valence-corrected chi connectivity index (χ0v) is 12.6. The molecule has 106 valence electrons. The molecule has 0 saturated carbocycles. The Kier molecular flexibility index (Phi) is 5.98. The van der Waals surface area contributed by atoms with Crippen LogP contribution in [0.3, 0.4) is 0 Å². The second-order valence-corrected chi connectivity index (χ2v) is 7.06. The van der Waals surface area contributed by atoms with E-state index in [1.165, 1.54) is 6.07 Å². The summed E-state index contributed by atoms with van der Waals surface area (Å²) in [6, 6.07) is 4.37. The summed E-state index contributed by atoms with van der Waals surface area (Å²) in [4.78, 5) is 0. The van der Waals surface area contributed by atoms with Crippen molar-refractivity contribution in [3.63, 3.8) is 0 Å². The van der Waals surface area contributed by atoms with E-state index in [2.05, 4.69) is 12.2 Å². The van der Waals surface area contributed by atoms with Gasteiger partial charge in [0.25, 0.3) is 0 Å². The van der Waals surface area contributed by atoms with Gasteiger partial charge in [0.15, 0.2) is 11.6 Å². The van der Waals surface area contributed by atoms with Crippen molar-refractivity contribution < 1.29 is 8.78 Å². The topological polar surface area (TPSA) is 12.0 Å². The minimum absolute atomic E-state index is 0.103. The molecular weight excluding hydrogens is 284 g/mol. The lowest BCUT2D eigenvalue weighted by molar-refractivity contribution is 0.460. The second-order valence-electron chi connectivity index (χ2n) is 4.56. The number of benzene rings is 1. The Labute approximate surface area is 121 Å². The number of hydrogen-bond acceptors (Lipinski definition) is 3. The van der Waals surface area contributed by atoms with Gasteiger partial charge in [0.1, 0.15) is 0 Å². The lowest BCUT2D eigenvalue weighted by Gasteiger charge is -2.31. The molecular formula is C14H19F2NS2. The third-order valence-electron chi connectivity index (χ3n) is 3.14. The molecule has 0 bridgehead atoms. The summed E-state index contributed by atoms with van der Waals surface area (Å²) in [5.41, 5.74) is 0.466. The maximum atomic E-state index is 14.0. The van der Waals surface area contributed by atoms with Crippen LogP contribution in [0.1, 0.15) is 24.9 Å². The molecule has 0 aromatic heterocycles. The van der Waals surface area contributed by atoms with Crippen LogP contribution in [0, 0.1) is 11.6 Å². The average Bonchev–Trinajstić information content (AvgIpc) is 2.45. The molecule has 1 heterocycles. The molecule has 1 aromatic rings. The van der Waals surface area contributed by atoms with Gasteiger partial charge in [-0.3, -0.25) is 0 Å². The first-order valence-corrected chi connectivity index (χ1v) is 8.81. The van der Waals surface area contributed by atoms with Gasteiger partial charge in [0, 0.05) is 34.1 Å². The first kappa shape index (κ1) is 15.1. The van der Waals surface area contributed by atoms with Crippen molar-refractivity contribution >= 4 is 23.5 Å². The summed E-state index contributed by atoms with van der Waals surface area (Å²) in [6.45, 7) is 2.90. The minimum Gasteiger partial charge on any atom is -0.309 e. The molecule has 0 aliphatic carbocycles. The fraction of sp³-hybridized carbons (Fsp3) is 0.571. The van der Waals surface area contributed by atoms with Gasteiger partial charge in [-0.2, -0.15) is 23.5 Å². The molecule has 2 atom stereocenters. The molecule has 1 fully saturated rings. The highest BCUT2D eigenvalue weighted by atomic mass is 32.2. The Morgan fingerprint density at radius 2 is 2.21 bits per heavy atom. The number of thioether (sulfide) groups is 2. The van der Waals surface area contributed by atoms with Crippen molar-refractivity contribution in [2.45, 2.75) is 24.6 Å². The van der Waals surface area contributed by atoms with Crippen molar-refractivity contribution in [2.24, 2.45) is 0 Å². The number of halogens is 2. The highest BCUT2D eigenvalue weighted by molar-refractivity contribution is 8.06. The Hall–Kier alpha value is -0.260. The van der Waals surface area contributed by atoms with Crippen LogP contribution < -0.4 is 5.32 Å². The van der Waals surface area contributed by atoms with Gasteiger partial charge in [0.05, 0.1) is 0 Å². The average molecular weight is 303 g/mol. The predicted molar refractivity (Wildman–Crippen MR) is 81.0 cm³/mol. The highest BCUT2D eigenvalue weighted by Crippen LogP contribution is 2.34. The van der Waals surface area contributed by atoms with Gasteiger partial charge in [0.2, 0.25) is 0 Å². The maximum absolute atomic E-state index is 14.0. The molecule has 5 heteroatoms. The molecule has 0 spiro atoms. The summed E-state index contributed by atoms with van der Waals surface area (Å²) in [5, 5.41) is 3.69. The fourth-order valence-corrected chi connectivity index (χ4v) is 5.06. The first-order chi connectivity index (χ1) is 9.24. The standard InChI is InChI=1S/C14H19F2NS2/c1-2-6-17-14(12-9-18-7-8-19-12)10-4-3-5-11(15)13(10)16/h3-5,12,14,17H,2,6-9H2,1H3. The van der Waals surface area contributed by atoms with E-state index in [1.54, 1.807) is 12.1 Å². The molecule has 19 heavy (non-hydrogen) atoms. The SMILES string of the molecule is CCCNC(c1cccc(F)c1F)C1CSCCS1. The molecule has 0 radical (unpaired) electrons. The summed E-state index contributed by atoms with van der Waals surface area (Å²) in [5.74, 6) is 1.76. The molecule has 1 N–H and O–H groups in total. The van der Waals surface area contributed by atoms with E-state index in [0.29, 0.717) is 10.8 Å². The van der Waals surface area contributed by atoms with Crippen molar-refractivity contribution in [1.29, 1.82) is 0 Å². The summed E-state index contributed by atoms with van der Waals surface area (Å²) < 4.78 is 27.4. The maximum Gasteiger partial charge on any atom is 0.163 e. The third-order valence-corrected chi connectivity index (χ3v) is 6.01. The molecule has 2 rings (SSSR count).